The van der Waals surface area contributed by atoms with E-state index in [1.807, 2.05) is 4.90 Å². The van der Waals surface area contributed by atoms with E-state index in [1.165, 1.54) is 23.1 Å². The summed E-state index contributed by atoms with van der Waals surface area (Å²) in [7, 11) is 0. The van der Waals surface area contributed by atoms with Crippen LogP contribution in [0.1, 0.15) is 48.0 Å². The quantitative estimate of drug-likeness (QED) is 0.863. The molecule has 0 unspecified atom stereocenters. The summed E-state index contributed by atoms with van der Waals surface area (Å²) in [6.07, 6.45) is 3.71. The third-order valence-electron chi connectivity index (χ3n) is 6.55. The molecule has 1 aliphatic carbocycles. The van der Waals surface area contributed by atoms with E-state index in [9.17, 15) is 23.9 Å². The molecule has 1 spiro atoms. The number of carbonyl (C=O) groups excluding carboxylic acids is 2. The molecule has 1 aromatic rings. The largest absolute Gasteiger partial charge is 0.480 e. The van der Waals surface area contributed by atoms with E-state index in [1.54, 1.807) is 6.92 Å². The zero-order valence-corrected chi connectivity index (χ0v) is 16.0. The molecule has 0 radical (unpaired) electrons. The lowest BCUT2D eigenvalue weighted by molar-refractivity contribution is -0.141. The number of hydrogen-bond acceptors (Lipinski definition) is 3. The summed E-state index contributed by atoms with van der Waals surface area (Å²) in [5.41, 5.74) is 0.547. The van der Waals surface area contributed by atoms with Crippen molar-refractivity contribution in [1.82, 2.24) is 9.80 Å². The molecule has 2 amide bonds. The summed E-state index contributed by atoms with van der Waals surface area (Å²) >= 11 is 0. The molecular weight excluding hydrogens is 363 g/mol. The summed E-state index contributed by atoms with van der Waals surface area (Å²) in [5.74, 6) is -1.58. The van der Waals surface area contributed by atoms with Crippen molar-refractivity contribution in [3.63, 3.8) is 0 Å². The number of carboxylic acid groups (broad SMARTS) is 1. The fraction of sp³-hybridized carbons (Fsp3) is 0.571. The molecule has 1 atom stereocenters. The molecule has 1 aromatic carbocycles. The van der Waals surface area contributed by atoms with Crippen molar-refractivity contribution in [2.75, 3.05) is 19.6 Å². The van der Waals surface area contributed by atoms with Gasteiger partial charge in [0, 0.05) is 31.1 Å². The van der Waals surface area contributed by atoms with Crippen molar-refractivity contribution in [3.8, 4) is 0 Å². The normalized spacial score (nSPS) is 23.9. The zero-order chi connectivity index (χ0) is 20.1. The number of nitrogens with zero attached hydrogens (tertiary/aromatic N) is 2. The van der Waals surface area contributed by atoms with Crippen molar-refractivity contribution in [1.29, 1.82) is 0 Å². The minimum absolute atomic E-state index is 0.179. The number of carbonyl (C=O) groups is 3. The highest BCUT2D eigenvalue weighted by Gasteiger charge is 2.51. The Morgan fingerprint density at radius 2 is 1.86 bits per heavy atom. The van der Waals surface area contributed by atoms with Crippen LogP contribution in [0, 0.1) is 24.1 Å². The maximum atomic E-state index is 13.7. The average molecular weight is 388 g/mol. The van der Waals surface area contributed by atoms with Gasteiger partial charge in [-0.3, -0.25) is 9.59 Å². The third-order valence-corrected chi connectivity index (χ3v) is 6.55. The van der Waals surface area contributed by atoms with Gasteiger partial charge in [0.25, 0.3) is 5.91 Å². The number of amides is 2. The Bertz CT molecular complexity index is 828. The Kier molecular flexibility index (Phi) is 4.63. The van der Waals surface area contributed by atoms with E-state index >= 15 is 0 Å². The standard InChI is InChI=1S/C21H25FN2O4/c1-13-2-5-15(22)10-16(13)19(26)24-12-21(11-17(24)20(27)28)6-8-23(9-7-21)18(25)14-3-4-14/h2,5,10,14,17H,3-4,6-9,11-12H2,1H3,(H,27,28)/t17-/m0/s1. The van der Waals surface area contributed by atoms with Gasteiger partial charge >= 0.3 is 5.97 Å². The molecule has 2 aliphatic heterocycles. The molecule has 0 aromatic heterocycles. The first-order valence-corrected chi connectivity index (χ1v) is 9.88. The van der Waals surface area contributed by atoms with Crippen LogP contribution >= 0.6 is 0 Å². The zero-order valence-electron chi connectivity index (χ0n) is 16.0. The lowest BCUT2D eigenvalue weighted by Gasteiger charge is -2.39. The second kappa shape index (κ2) is 6.87. The number of likely N-dealkylation sites (tertiary alicyclic amines) is 2. The molecule has 1 saturated carbocycles. The number of halogens is 1. The maximum absolute atomic E-state index is 13.7. The highest BCUT2D eigenvalue weighted by Crippen LogP contribution is 2.45. The van der Waals surface area contributed by atoms with Crippen molar-refractivity contribution >= 4 is 17.8 Å². The SMILES string of the molecule is Cc1ccc(F)cc1C(=O)N1CC2(CCN(C(=O)C3CC3)CC2)C[C@H]1C(=O)O. The van der Waals surface area contributed by atoms with Gasteiger partial charge in [0.2, 0.25) is 5.91 Å². The minimum Gasteiger partial charge on any atom is -0.480 e. The fourth-order valence-corrected chi connectivity index (χ4v) is 4.62. The fourth-order valence-electron chi connectivity index (χ4n) is 4.62. The molecule has 4 rings (SSSR count). The van der Waals surface area contributed by atoms with E-state index in [0.717, 1.165) is 12.8 Å². The van der Waals surface area contributed by atoms with Crippen LogP contribution in [0.25, 0.3) is 0 Å². The molecule has 3 fully saturated rings. The molecule has 2 saturated heterocycles. The van der Waals surface area contributed by atoms with Crippen molar-refractivity contribution in [2.45, 2.75) is 45.1 Å². The summed E-state index contributed by atoms with van der Waals surface area (Å²) < 4.78 is 13.7. The van der Waals surface area contributed by atoms with Gasteiger partial charge in [0.15, 0.2) is 0 Å². The van der Waals surface area contributed by atoms with Crippen molar-refractivity contribution < 1.29 is 23.9 Å². The topological polar surface area (TPSA) is 77.9 Å². The number of hydrogen-bond donors (Lipinski definition) is 1. The molecule has 7 heteroatoms. The van der Waals surface area contributed by atoms with E-state index < -0.39 is 23.7 Å². The third kappa shape index (κ3) is 3.38. The van der Waals surface area contributed by atoms with Crippen LogP contribution in [0.3, 0.4) is 0 Å². The van der Waals surface area contributed by atoms with Crippen LogP contribution in [-0.2, 0) is 9.59 Å². The molecule has 2 heterocycles. The van der Waals surface area contributed by atoms with Gasteiger partial charge in [-0.1, -0.05) is 6.07 Å². The first kappa shape index (κ1) is 18.9. The minimum atomic E-state index is -1.03. The van der Waals surface area contributed by atoms with Crippen LogP contribution in [0.15, 0.2) is 18.2 Å². The average Bonchev–Trinajstić information content (AvgIpc) is 3.45. The Morgan fingerprint density at radius 3 is 2.46 bits per heavy atom. The molecule has 3 aliphatic rings. The summed E-state index contributed by atoms with van der Waals surface area (Å²) in [6, 6.07) is 3.09. The predicted molar refractivity (Wildman–Crippen MR) is 99.2 cm³/mol. The van der Waals surface area contributed by atoms with Gasteiger partial charge in [-0.25, -0.2) is 9.18 Å². The molecule has 1 N–H and O–H groups in total. The maximum Gasteiger partial charge on any atom is 0.326 e. The number of aliphatic carboxylic acids is 1. The lowest BCUT2D eigenvalue weighted by Crippen LogP contribution is -2.45. The van der Waals surface area contributed by atoms with Crippen molar-refractivity contribution in [2.24, 2.45) is 11.3 Å². The summed E-state index contributed by atoms with van der Waals surface area (Å²) in [6.45, 7) is 3.28. The predicted octanol–water partition coefficient (Wildman–Crippen LogP) is 2.45. The Morgan fingerprint density at radius 1 is 1.18 bits per heavy atom. The highest BCUT2D eigenvalue weighted by atomic mass is 19.1. The molecule has 6 nitrogen and oxygen atoms in total. The summed E-state index contributed by atoms with van der Waals surface area (Å²) in [5, 5.41) is 9.71. The van der Waals surface area contributed by atoms with Gasteiger partial charge in [-0.2, -0.15) is 0 Å². The second-order valence-electron chi connectivity index (χ2n) is 8.55. The van der Waals surface area contributed by atoms with Crippen molar-refractivity contribution in [3.05, 3.63) is 35.1 Å². The van der Waals surface area contributed by atoms with E-state index in [0.29, 0.717) is 44.5 Å². The molecule has 150 valence electrons. The van der Waals surface area contributed by atoms with E-state index in [4.69, 9.17) is 0 Å². The van der Waals surface area contributed by atoms with Gasteiger partial charge < -0.3 is 14.9 Å². The Labute approximate surface area is 163 Å². The van der Waals surface area contributed by atoms with Gasteiger partial charge in [-0.05, 0) is 62.1 Å². The monoisotopic (exact) mass is 388 g/mol. The lowest BCUT2D eigenvalue weighted by atomic mass is 9.76. The van der Waals surface area contributed by atoms with Gasteiger partial charge in [0.05, 0.1) is 0 Å². The number of piperidine rings is 1. The van der Waals surface area contributed by atoms with Gasteiger partial charge in [-0.15, -0.1) is 0 Å². The summed E-state index contributed by atoms with van der Waals surface area (Å²) in [4.78, 5) is 40.5. The van der Waals surface area contributed by atoms with E-state index in [-0.39, 0.29) is 22.8 Å². The van der Waals surface area contributed by atoms with Gasteiger partial charge in [0.1, 0.15) is 11.9 Å². The van der Waals surface area contributed by atoms with Crippen LogP contribution in [0.2, 0.25) is 0 Å². The molecule has 0 bridgehead atoms. The van der Waals surface area contributed by atoms with Crippen LogP contribution in [-0.4, -0.2) is 58.4 Å². The first-order chi connectivity index (χ1) is 13.3. The number of rotatable bonds is 3. The van der Waals surface area contributed by atoms with Crippen LogP contribution < -0.4 is 0 Å². The number of aryl methyl sites for hydroxylation is 1. The second-order valence-corrected chi connectivity index (χ2v) is 8.55. The smallest absolute Gasteiger partial charge is 0.326 e. The van der Waals surface area contributed by atoms with E-state index in [2.05, 4.69) is 0 Å². The molecular formula is C21H25FN2O4. The Hall–Kier alpha value is -2.44. The first-order valence-electron chi connectivity index (χ1n) is 9.88. The Balaban J connectivity index is 1.52. The van der Waals surface area contributed by atoms with Crippen LogP contribution in [0.4, 0.5) is 4.39 Å². The molecule has 28 heavy (non-hydrogen) atoms. The van der Waals surface area contributed by atoms with Crippen LogP contribution in [0.5, 0.6) is 0 Å². The number of carboxylic acids is 1. The highest BCUT2D eigenvalue weighted by molar-refractivity contribution is 5.98. The number of benzene rings is 1.